The van der Waals surface area contributed by atoms with E-state index in [0.717, 1.165) is 0 Å². The third kappa shape index (κ3) is 3.55. The predicted molar refractivity (Wildman–Crippen MR) is 34.3 cm³/mol. The smallest absolute Gasteiger partial charge is 0.215 e. The topological polar surface area (TPSA) is 66.8 Å². The minimum absolute atomic E-state index is 0.0544. The molecule has 0 radical (unpaired) electrons. The summed E-state index contributed by atoms with van der Waals surface area (Å²) < 4.78 is 4.55. The highest BCUT2D eigenvalue weighted by atomic mass is 16.6. The normalized spacial score (nSPS) is 13.1. The number of carbonyl (C=O) groups excluding carboxylic acids is 1. The van der Waals surface area contributed by atoms with Gasteiger partial charge in [0, 0.05) is 13.0 Å². The van der Waals surface area contributed by atoms with Gasteiger partial charge in [0.2, 0.25) is 6.29 Å². The molecule has 4 heteroatoms. The molecule has 0 aliphatic rings. The van der Waals surface area contributed by atoms with Crippen molar-refractivity contribution in [1.82, 2.24) is 0 Å². The quantitative estimate of drug-likeness (QED) is 0.505. The SMILES string of the molecule is CCOC(O)C(=O)CCO. The van der Waals surface area contributed by atoms with E-state index in [9.17, 15) is 4.79 Å². The Kier molecular flexibility index (Phi) is 5.10. The van der Waals surface area contributed by atoms with E-state index in [1.165, 1.54) is 0 Å². The van der Waals surface area contributed by atoms with Crippen molar-refractivity contribution in [2.75, 3.05) is 13.2 Å². The van der Waals surface area contributed by atoms with Crippen LogP contribution in [0.5, 0.6) is 0 Å². The van der Waals surface area contributed by atoms with Crippen molar-refractivity contribution in [2.24, 2.45) is 0 Å². The molecule has 0 aromatic heterocycles. The van der Waals surface area contributed by atoms with Crippen LogP contribution in [0.15, 0.2) is 0 Å². The van der Waals surface area contributed by atoms with Crippen LogP contribution in [0.4, 0.5) is 0 Å². The molecule has 0 amide bonds. The molecular weight excluding hydrogens is 136 g/mol. The van der Waals surface area contributed by atoms with E-state index in [4.69, 9.17) is 10.2 Å². The maximum absolute atomic E-state index is 10.6. The number of aliphatic hydroxyl groups is 2. The van der Waals surface area contributed by atoms with Gasteiger partial charge in [0.25, 0.3) is 0 Å². The Hall–Kier alpha value is -0.450. The van der Waals surface area contributed by atoms with E-state index >= 15 is 0 Å². The van der Waals surface area contributed by atoms with Gasteiger partial charge in [0.05, 0.1) is 6.61 Å². The molecule has 0 heterocycles. The van der Waals surface area contributed by atoms with Crippen molar-refractivity contribution >= 4 is 5.78 Å². The lowest BCUT2D eigenvalue weighted by molar-refractivity contribution is -0.155. The van der Waals surface area contributed by atoms with Crippen LogP contribution in [0.2, 0.25) is 0 Å². The second kappa shape index (κ2) is 5.34. The summed E-state index contributed by atoms with van der Waals surface area (Å²) in [6.45, 7) is 1.72. The van der Waals surface area contributed by atoms with Gasteiger partial charge in [-0.2, -0.15) is 0 Å². The van der Waals surface area contributed by atoms with Gasteiger partial charge in [-0.05, 0) is 6.92 Å². The number of hydrogen-bond acceptors (Lipinski definition) is 4. The Balaban J connectivity index is 3.49. The first kappa shape index (κ1) is 9.55. The summed E-state index contributed by atoms with van der Waals surface area (Å²) in [4.78, 5) is 10.6. The lowest BCUT2D eigenvalue weighted by atomic mass is 10.3. The Morgan fingerprint density at radius 3 is 2.70 bits per heavy atom. The molecule has 0 aliphatic heterocycles. The summed E-state index contributed by atoms with van der Waals surface area (Å²) in [6, 6.07) is 0. The summed E-state index contributed by atoms with van der Waals surface area (Å²) in [5, 5.41) is 17.0. The van der Waals surface area contributed by atoms with Crippen molar-refractivity contribution < 1.29 is 19.7 Å². The van der Waals surface area contributed by atoms with E-state index in [0.29, 0.717) is 6.61 Å². The minimum Gasteiger partial charge on any atom is -0.396 e. The Bertz CT molecular complexity index is 102. The Labute approximate surface area is 59.4 Å². The molecule has 0 bridgehead atoms. The van der Waals surface area contributed by atoms with Gasteiger partial charge in [0.15, 0.2) is 5.78 Å². The average molecular weight is 148 g/mol. The van der Waals surface area contributed by atoms with Gasteiger partial charge in [0.1, 0.15) is 0 Å². The molecular formula is C6H12O4. The monoisotopic (exact) mass is 148 g/mol. The van der Waals surface area contributed by atoms with E-state index in [-0.39, 0.29) is 13.0 Å². The molecule has 0 saturated carbocycles. The third-order valence-corrected chi connectivity index (χ3v) is 0.958. The molecule has 60 valence electrons. The van der Waals surface area contributed by atoms with Crippen LogP contribution in [-0.4, -0.2) is 35.5 Å². The van der Waals surface area contributed by atoms with Crippen LogP contribution < -0.4 is 0 Å². The summed E-state index contributed by atoms with van der Waals surface area (Å²) >= 11 is 0. The number of ketones is 1. The molecule has 0 aromatic rings. The lowest BCUT2D eigenvalue weighted by Crippen LogP contribution is -2.24. The number of rotatable bonds is 5. The van der Waals surface area contributed by atoms with E-state index < -0.39 is 12.1 Å². The van der Waals surface area contributed by atoms with Gasteiger partial charge >= 0.3 is 0 Å². The van der Waals surface area contributed by atoms with Crippen molar-refractivity contribution in [3.8, 4) is 0 Å². The first-order valence-corrected chi connectivity index (χ1v) is 3.15. The molecule has 0 aliphatic carbocycles. The van der Waals surface area contributed by atoms with Gasteiger partial charge in [-0.15, -0.1) is 0 Å². The first-order chi connectivity index (χ1) is 4.72. The summed E-state index contributed by atoms with van der Waals surface area (Å²) in [6.07, 6.45) is -1.42. The maximum atomic E-state index is 10.6. The fraction of sp³-hybridized carbons (Fsp3) is 0.833. The zero-order valence-electron chi connectivity index (χ0n) is 5.91. The number of ether oxygens (including phenoxy) is 1. The zero-order chi connectivity index (χ0) is 7.98. The number of aliphatic hydroxyl groups excluding tert-OH is 2. The number of carbonyl (C=O) groups is 1. The molecule has 0 saturated heterocycles. The molecule has 0 fully saturated rings. The summed E-state index contributed by atoms with van der Waals surface area (Å²) in [7, 11) is 0. The van der Waals surface area contributed by atoms with E-state index in [2.05, 4.69) is 4.74 Å². The van der Waals surface area contributed by atoms with Crippen LogP contribution in [0.1, 0.15) is 13.3 Å². The fourth-order valence-corrected chi connectivity index (χ4v) is 0.484. The molecule has 2 N–H and O–H groups in total. The van der Waals surface area contributed by atoms with E-state index in [1.54, 1.807) is 6.92 Å². The first-order valence-electron chi connectivity index (χ1n) is 3.15. The predicted octanol–water partition coefficient (Wildman–Crippen LogP) is -0.707. The highest BCUT2D eigenvalue weighted by Crippen LogP contribution is 1.92. The zero-order valence-corrected chi connectivity index (χ0v) is 5.91. The van der Waals surface area contributed by atoms with Gasteiger partial charge < -0.3 is 14.9 Å². The maximum Gasteiger partial charge on any atom is 0.215 e. The van der Waals surface area contributed by atoms with E-state index in [1.807, 2.05) is 0 Å². The van der Waals surface area contributed by atoms with Gasteiger partial charge in [-0.3, -0.25) is 4.79 Å². The van der Waals surface area contributed by atoms with Crippen molar-refractivity contribution in [2.45, 2.75) is 19.6 Å². The molecule has 1 atom stereocenters. The van der Waals surface area contributed by atoms with Crippen LogP contribution in [0.25, 0.3) is 0 Å². The number of hydrogen-bond donors (Lipinski definition) is 2. The van der Waals surface area contributed by atoms with Crippen LogP contribution >= 0.6 is 0 Å². The molecule has 0 aromatic carbocycles. The molecule has 0 rings (SSSR count). The third-order valence-electron chi connectivity index (χ3n) is 0.958. The summed E-state index contributed by atoms with van der Waals surface area (Å²) in [5.41, 5.74) is 0. The lowest BCUT2D eigenvalue weighted by Gasteiger charge is -2.06. The Morgan fingerprint density at radius 1 is 1.70 bits per heavy atom. The number of Topliss-reactive ketones (excluding diaryl/α,β-unsaturated/α-hetero) is 1. The van der Waals surface area contributed by atoms with Gasteiger partial charge in [-0.1, -0.05) is 0 Å². The summed E-state index contributed by atoms with van der Waals surface area (Å²) in [5.74, 6) is -0.482. The standard InChI is InChI=1S/C6H12O4/c1-2-10-6(9)5(8)3-4-7/h6-7,9H,2-4H2,1H3. The van der Waals surface area contributed by atoms with Crippen molar-refractivity contribution in [3.63, 3.8) is 0 Å². The molecule has 10 heavy (non-hydrogen) atoms. The largest absolute Gasteiger partial charge is 0.396 e. The molecule has 1 unspecified atom stereocenters. The Morgan fingerprint density at radius 2 is 2.30 bits per heavy atom. The highest BCUT2D eigenvalue weighted by Gasteiger charge is 2.12. The fourth-order valence-electron chi connectivity index (χ4n) is 0.484. The molecule has 4 nitrogen and oxygen atoms in total. The van der Waals surface area contributed by atoms with Crippen LogP contribution in [0, 0.1) is 0 Å². The molecule has 0 spiro atoms. The van der Waals surface area contributed by atoms with Crippen molar-refractivity contribution in [3.05, 3.63) is 0 Å². The highest BCUT2D eigenvalue weighted by molar-refractivity contribution is 5.81. The van der Waals surface area contributed by atoms with Crippen molar-refractivity contribution in [1.29, 1.82) is 0 Å². The second-order valence-corrected chi connectivity index (χ2v) is 1.75. The van der Waals surface area contributed by atoms with Crippen LogP contribution in [0.3, 0.4) is 0 Å². The minimum atomic E-state index is -1.36. The van der Waals surface area contributed by atoms with Gasteiger partial charge in [-0.25, -0.2) is 0 Å². The second-order valence-electron chi connectivity index (χ2n) is 1.75. The average Bonchev–Trinajstić information content (AvgIpc) is 1.89. The van der Waals surface area contributed by atoms with Crippen LogP contribution in [-0.2, 0) is 9.53 Å².